The van der Waals surface area contributed by atoms with Gasteiger partial charge >= 0.3 is 0 Å². The molecular formula is C27H42Cl2N4O10. The number of nitrogens with two attached hydrogens (primary N) is 1. The average molecular weight is 654 g/mol. The number of carbonyl (C=O) groups excluding carboxylic acids is 4. The van der Waals surface area contributed by atoms with E-state index in [1.807, 2.05) is 0 Å². The van der Waals surface area contributed by atoms with Crippen LogP contribution in [0.25, 0.3) is 0 Å². The first kappa shape index (κ1) is 38.6. The van der Waals surface area contributed by atoms with E-state index in [-0.39, 0.29) is 48.8 Å². The van der Waals surface area contributed by atoms with E-state index in [0.29, 0.717) is 98.1 Å². The molecule has 0 radical (unpaired) electrons. The third-order valence-corrected chi connectivity index (χ3v) is 6.15. The number of anilines is 1. The summed E-state index contributed by atoms with van der Waals surface area (Å²) in [5.41, 5.74) is 6.25. The molecule has 1 unspecified atom stereocenters. The number of carbonyl (C=O) groups is 4. The first-order valence-electron chi connectivity index (χ1n) is 13.8. The zero-order valence-corrected chi connectivity index (χ0v) is 25.7. The van der Waals surface area contributed by atoms with Gasteiger partial charge in [0.05, 0.1) is 90.4 Å². The second-order valence-electron chi connectivity index (χ2n) is 9.07. The van der Waals surface area contributed by atoms with Crippen LogP contribution in [0, 0.1) is 0 Å². The van der Waals surface area contributed by atoms with Crippen molar-refractivity contribution in [3.8, 4) is 0 Å². The molecule has 1 fully saturated rings. The lowest BCUT2D eigenvalue weighted by atomic mass is 10.0. The number of halogens is 2. The monoisotopic (exact) mass is 652 g/mol. The zero-order chi connectivity index (χ0) is 29.3. The molecule has 16 heteroatoms. The SMILES string of the molecule is Cl.Cl.NCCOCCOCCOCCOCCOCCOCCNc1cccc2c1C(=O)N(C1CCC(=O)NC1=O)C2=O. The molecule has 2 aliphatic heterocycles. The summed E-state index contributed by atoms with van der Waals surface area (Å²) in [5, 5.41) is 5.32. The molecule has 4 amide bonds. The highest BCUT2D eigenvalue weighted by atomic mass is 35.5. The van der Waals surface area contributed by atoms with E-state index in [9.17, 15) is 19.2 Å². The summed E-state index contributed by atoms with van der Waals surface area (Å²) in [7, 11) is 0. The second-order valence-corrected chi connectivity index (χ2v) is 9.07. The Kier molecular flexibility index (Phi) is 19.9. The molecule has 244 valence electrons. The van der Waals surface area contributed by atoms with Gasteiger partial charge in [-0.15, -0.1) is 24.8 Å². The lowest BCUT2D eigenvalue weighted by molar-refractivity contribution is -0.136. The van der Waals surface area contributed by atoms with Gasteiger partial charge in [0.2, 0.25) is 11.8 Å². The molecule has 1 aromatic carbocycles. The van der Waals surface area contributed by atoms with Crippen LogP contribution in [0.1, 0.15) is 33.6 Å². The van der Waals surface area contributed by atoms with Crippen LogP contribution >= 0.6 is 24.8 Å². The van der Waals surface area contributed by atoms with Gasteiger partial charge in [-0.1, -0.05) is 6.07 Å². The number of piperidine rings is 1. The Morgan fingerprint density at radius 1 is 0.744 bits per heavy atom. The van der Waals surface area contributed by atoms with Crippen LogP contribution in [0.3, 0.4) is 0 Å². The Hall–Kier alpha value is -2.40. The molecule has 14 nitrogen and oxygen atoms in total. The van der Waals surface area contributed by atoms with Crippen molar-refractivity contribution in [1.29, 1.82) is 0 Å². The maximum Gasteiger partial charge on any atom is 0.264 e. The summed E-state index contributed by atoms with van der Waals surface area (Å²) in [4.78, 5) is 50.6. The number of imide groups is 2. The molecule has 0 saturated carbocycles. The summed E-state index contributed by atoms with van der Waals surface area (Å²) in [5.74, 6) is -2.15. The van der Waals surface area contributed by atoms with E-state index in [2.05, 4.69) is 10.6 Å². The summed E-state index contributed by atoms with van der Waals surface area (Å²) in [6, 6.07) is 3.91. The topological polar surface area (TPSA) is 177 Å². The Bertz CT molecular complexity index is 1020. The minimum Gasteiger partial charge on any atom is -0.382 e. The molecule has 2 heterocycles. The summed E-state index contributed by atoms with van der Waals surface area (Å²) in [6.45, 7) is 6.43. The Morgan fingerprint density at radius 3 is 1.77 bits per heavy atom. The predicted octanol–water partition coefficient (Wildman–Crippen LogP) is 0.402. The summed E-state index contributed by atoms with van der Waals surface area (Å²) < 4.78 is 32.4. The molecule has 3 rings (SSSR count). The van der Waals surface area contributed by atoms with Crippen LogP contribution in [0.4, 0.5) is 5.69 Å². The van der Waals surface area contributed by atoms with E-state index in [1.54, 1.807) is 18.2 Å². The number of nitrogens with one attached hydrogen (secondary N) is 2. The van der Waals surface area contributed by atoms with E-state index in [1.165, 1.54) is 0 Å². The molecular weight excluding hydrogens is 611 g/mol. The Morgan fingerprint density at radius 2 is 1.26 bits per heavy atom. The normalized spacial score (nSPS) is 16.0. The van der Waals surface area contributed by atoms with Crippen LogP contribution in [-0.2, 0) is 38.0 Å². The van der Waals surface area contributed by atoms with Gasteiger partial charge in [0.1, 0.15) is 6.04 Å². The number of hydrogen-bond acceptors (Lipinski definition) is 12. The number of amides is 4. The fraction of sp³-hybridized carbons (Fsp3) is 0.630. The molecule has 1 atom stereocenters. The summed E-state index contributed by atoms with van der Waals surface area (Å²) >= 11 is 0. The molecule has 0 bridgehead atoms. The van der Waals surface area contributed by atoms with Gasteiger partial charge in [-0.3, -0.25) is 29.4 Å². The standard InChI is InChI=1S/C27H40N4O10.2ClH/c28-6-8-36-10-12-38-14-16-40-18-19-41-17-15-39-13-11-37-9-7-29-21-3-1-2-20-24(21)27(35)31(26(20)34)22-4-5-23(32)30-25(22)33;;/h1-3,22,29H,4-19,28H2,(H,30,32,33);2*1H. The molecule has 1 saturated heterocycles. The van der Waals surface area contributed by atoms with Gasteiger partial charge in [-0.05, 0) is 18.6 Å². The highest BCUT2D eigenvalue weighted by Crippen LogP contribution is 2.32. The Labute approximate surface area is 263 Å². The third kappa shape index (κ3) is 12.6. The van der Waals surface area contributed by atoms with Crippen molar-refractivity contribution in [2.75, 3.05) is 97.7 Å². The fourth-order valence-electron chi connectivity index (χ4n) is 4.21. The molecule has 2 aliphatic rings. The van der Waals surface area contributed by atoms with Crippen molar-refractivity contribution in [3.05, 3.63) is 29.3 Å². The molecule has 0 spiro atoms. The van der Waals surface area contributed by atoms with Crippen LogP contribution in [-0.4, -0.2) is 127 Å². The number of ether oxygens (including phenoxy) is 6. The second kappa shape index (κ2) is 22.2. The molecule has 0 aliphatic carbocycles. The van der Waals surface area contributed by atoms with Gasteiger partial charge in [0.25, 0.3) is 11.8 Å². The quantitative estimate of drug-likeness (QED) is 0.116. The fourth-order valence-corrected chi connectivity index (χ4v) is 4.21. The minimum atomic E-state index is -1.00. The number of rotatable bonds is 22. The first-order valence-corrected chi connectivity index (χ1v) is 13.8. The van der Waals surface area contributed by atoms with Crippen LogP contribution in [0.2, 0.25) is 0 Å². The van der Waals surface area contributed by atoms with E-state index in [4.69, 9.17) is 34.2 Å². The van der Waals surface area contributed by atoms with Gasteiger partial charge in [0.15, 0.2) is 0 Å². The highest BCUT2D eigenvalue weighted by molar-refractivity contribution is 6.25. The molecule has 0 aromatic heterocycles. The number of hydrogen-bond donors (Lipinski definition) is 3. The van der Waals surface area contributed by atoms with E-state index < -0.39 is 29.7 Å². The van der Waals surface area contributed by atoms with Crippen molar-refractivity contribution in [3.63, 3.8) is 0 Å². The lowest BCUT2D eigenvalue weighted by Crippen LogP contribution is -2.54. The van der Waals surface area contributed by atoms with Crippen LogP contribution in [0.15, 0.2) is 18.2 Å². The van der Waals surface area contributed by atoms with Crippen molar-refractivity contribution in [2.24, 2.45) is 5.73 Å². The van der Waals surface area contributed by atoms with Gasteiger partial charge in [0, 0.05) is 25.2 Å². The average Bonchev–Trinajstić information content (AvgIpc) is 3.22. The van der Waals surface area contributed by atoms with Crippen molar-refractivity contribution >= 4 is 54.1 Å². The summed E-state index contributed by atoms with van der Waals surface area (Å²) in [6.07, 6.45) is 0.181. The van der Waals surface area contributed by atoms with Crippen LogP contribution in [0.5, 0.6) is 0 Å². The van der Waals surface area contributed by atoms with Gasteiger partial charge < -0.3 is 39.5 Å². The van der Waals surface area contributed by atoms with Crippen LogP contribution < -0.4 is 16.4 Å². The number of benzene rings is 1. The minimum absolute atomic E-state index is 0. The van der Waals surface area contributed by atoms with Gasteiger partial charge in [-0.2, -0.15) is 0 Å². The molecule has 1 aromatic rings. The predicted molar refractivity (Wildman–Crippen MR) is 160 cm³/mol. The van der Waals surface area contributed by atoms with E-state index in [0.717, 1.165) is 4.90 Å². The third-order valence-electron chi connectivity index (χ3n) is 6.15. The molecule has 43 heavy (non-hydrogen) atoms. The van der Waals surface area contributed by atoms with Gasteiger partial charge in [-0.25, -0.2) is 0 Å². The van der Waals surface area contributed by atoms with Crippen molar-refractivity contribution < 1.29 is 47.6 Å². The van der Waals surface area contributed by atoms with Crippen molar-refractivity contribution in [1.82, 2.24) is 10.2 Å². The Balaban J connectivity index is 0.00000462. The number of nitrogens with zero attached hydrogens (tertiary/aromatic N) is 1. The van der Waals surface area contributed by atoms with Crippen molar-refractivity contribution in [2.45, 2.75) is 18.9 Å². The largest absolute Gasteiger partial charge is 0.382 e. The first-order chi connectivity index (χ1) is 20.0. The smallest absolute Gasteiger partial charge is 0.264 e. The maximum atomic E-state index is 13.1. The van der Waals surface area contributed by atoms with E-state index >= 15 is 0 Å². The maximum absolute atomic E-state index is 13.1. The number of fused-ring (bicyclic) bond motifs is 1. The lowest BCUT2D eigenvalue weighted by Gasteiger charge is -2.27. The zero-order valence-electron chi connectivity index (χ0n) is 24.0. The highest BCUT2D eigenvalue weighted by Gasteiger charge is 2.45. The molecule has 4 N–H and O–H groups in total.